The third kappa shape index (κ3) is 2.22. The molecular formula is C13H7ClF3N3. The second kappa shape index (κ2) is 4.49. The number of imidazole rings is 1. The number of hydrogen-bond acceptors (Lipinski definition) is 2. The molecule has 0 atom stereocenters. The first-order valence-electron chi connectivity index (χ1n) is 5.63. The zero-order valence-electron chi connectivity index (χ0n) is 9.87. The van der Waals surface area contributed by atoms with Gasteiger partial charge in [0.25, 0.3) is 0 Å². The number of halogens is 4. The van der Waals surface area contributed by atoms with Gasteiger partial charge in [-0.25, -0.2) is 4.98 Å². The van der Waals surface area contributed by atoms with E-state index in [0.717, 1.165) is 6.07 Å². The number of aromatic nitrogens is 3. The standard InChI is InChI=1S/C13H7ClF3N3/c14-8-6-11-10(5-7(8)13(15,16)17)19-12(20-11)9-3-1-2-4-18-9/h1-6H,(H,19,20). The zero-order chi connectivity index (χ0) is 14.3. The van der Waals surface area contributed by atoms with Crippen LogP contribution in [0.15, 0.2) is 36.5 Å². The fraction of sp³-hybridized carbons (Fsp3) is 0.0769. The number of H-pyrrole nitrogens is 1. The number of alkyl halides is 3. The van der Waals surface area contributed by atoms with Crippen LogP contribution in [-0.4, -0.2) is 15.0 Å². The maximum atomic E-state index is 12.8. The fourth-order valence-electron chi connectivity index (χ4n) is 1.87. The van der Waals surface area contributed by atoms with Crippen molar-refractivity contribution < 1.29 is 13.2 Å². The minimum atomic E-state index is -4.50. The lowest BCUT2D eigenvalue weighted by Gasteiger charge is -2.07. The van der Waals surface area contributed by atoms with Crippen molar-refractivity contribution in [3.63, 3.8) is 0 Å². The third-order valence-corrected chi connectivity index (χ3v) is 3.10. The van der Waals surface area contributed by atoms with E-state index in [4.69, 9.17) is 11.6 Å². The maximum Gasteiger partial charge on any atom is 0.417 e. The Balaban J connectivity index is 2.17. The minimum absolute atomic E-state index is 0.266. The third-order valence-electron chi connectivity index (χ3n) is 2.78. The van der Waals surface area contributed by atoms with Crippen molar-refractivity contribution in [2.75, 3.05) is 0 Å². The average Bonchev–Trinajstić information content (AvgIpc) is 2.80. The van der Waals surface area contributed by atoms with Crippen LogP contribution >= 0.6 is 11.6 Å². The Morgan fingerprint density at radius 2 is 1.95 bits per heavy atom. The molecule has 3 aromatic rings. The van der Waals surface area contributed by atoms with Crippen LogP contribution in [0, 0.1) is 0 Å². The quantitative estimate of drug-likeness (QED) is 0.727. The van der Waals surface area contributed by atoms with Gasteiger partial charge in [-0.2, -0.15) is 13.2 Å². The van der Waals surface area contributed by atoms with E-state index in [9.17, 15) is 13.2 Å². The van der Waals surface area contributed by atoms with E-state index in [-0.39, 0.29) is 10.5 Å². The first-order valence-corrected chi connectivity index (χ1v) is 6.01. The van der Waals surface area contributed by atoms with Crippen LogP contribution in [0.1, 0.15) is 5.56 Å². The first-order chi connectivity index (χ1) is 9.45. The Kier molecular flexibility index (Phi) is 2.90. The molecule has 102 valence electrons. The Hall–Kier alpha value is -2.08. The molecule has 3 rings (SSSR count). The zero-order valence-corrected chi connectivity index (χ0v) is 10.6. The highest BCUT2D eigenvalue weighted by Gasteiger charge is 2.33. The average molecular weight is 298 g/mol. The minimum Gasteiger partial charge on any atom is -0.337 e. The molecule has 1 N–H and O–H groups in total. The highest BCUT2D eigenvalue weighted by Crippen LogP contribution is 2.37. The van der Waals surface area contributed by atoms with Crippen LogP contribution in [0.3, 0.4) is 0 Å². The Labute approximate surface area is 116 Å². The van der Waals surface area contributed by atoms with E-state index in [1.165, 1.54) is 6.07 Å². The maximum absolute atomic E-state index is 12.8. The van der Waals surface area contributed by atoms with Crippen LogP contribution in [0.2, 0.25) is 5.02 Å². The van der Waals surface area contributed by atoms with Crippen LogP contribution < -0.4 is 0 Å². The second-order valence-electron chi connectivity index (χ2n) is 4.15. The van der Waals surface area contributed by atoms with E-state index in [1.807, 2.05) is 0 Å². The lowest BCUT2D eigenvalue weighted by molar-refractivity contribution is -0.137. The number of fused-ring (bicyclic) bond motifs is 1. The molecule has 0 bridgehead atoms. The number of nitrogens with one attached hydrogen (secondary N) is 1. The highest BCUT2D eigenvalue weighted by atomic mass is 35.5. The number of rotatable bonds is 1. The van der Waals surface area contributed by atoms with E-state index in [2.05, 4.69) is 15.0 Å². The molecule has 3 nitrogen and oxygen atoms in total. The first kappa shape index (κ1) is 12.9. The van der Waals surface area contributed by atoms with Crippen molar-refractivity contribution in [1.82, 2.24) is 15.0 Å². The summed E-state index contributed by atoms with van der Waals surface area (Å²) in [5, 5.41) is -0.371. The highest BCUT2D eigenvalue weighted by molar-refractivity contribution is 6.32. The van der Waals surface area contributed by atoms with Crippen LogP contribution in [-0.2, 0) is 6.18 Å². The van der Waals surface area contributed by atoms with Gasteiger partial charge in [0, 0.05) is 6.20 Å². The molecule has 0 radical (unpaired) electrons. The summed E-state index contributed by atoms with van der Waals surface area (Å²) in [6, 6.07) is 7.37. The van der Waals surface area contributed by atoms with Gasteiger partial charge in [0.05, 0.1) is 21.6 Å². The normalized spacial score (nSPS) is 12.0. The van der Waals surface area contributed by atoms with Crippen molar-refractivity contribution >= 4 is 22.6 Å². The van der Waals surface area contributed by atoms with E-state index >= 15 is 0 Å². The van der Waals surface area contributed by atoms with Crippen LogP contribution in [0.5, 0.6) is 0 Å². The topological polar surface area (TPSA) is 41.6 Å². The largest absolute Gasteiger partial charge is 0.417 e. The van der Waals surface area contributed by atoms with E-state index in [1.54, 1.807) is 24.4 Å². The molecule has 0 aliphatic carbocycles. The fourth-order valence-corrected chi connectivity index (χ4v) is 2.14. The molecule has 0 fully saturated rings. The van der Waals surface area contributed by atoms with Gasteiger partial charge in [-0.05, 0) is 24.3 Å². The molecule has 0 spiro atoms. The Morgan fingerprint density at radius 1 is 1.15 bits per heavy atom. The van der Waals surface area contributed by atoms with Gasteiger partial charge in [-0.15, -0.1) is 0 Å². The molecule has 1 aromatic carbocycles. The number of pyridine rings is 1. The molecule has 20 heavy (non-hydrogen) atoms. The SMILES string of the molecule is FC(F)(F)c1cc2[nH]c(-c3ccccn3)nc2cc1Cl. The van der Waals surface area contributed by atoms with Crippen molar-refractivity contribution in [3.05, 3.63) is 47.1 Å². The van der Waals surface area contributed by atoms with Crippen LogP contribution in [0.25, 0.3) is 22.6 Å². The van der Waals surface area contributed by atoms with Gasteiger partial charge < -0.3 is 4.98 Å². The molecule has 7 heteroatoms. The van der Waals surface area contributed by atoms with E-state index in [0.29, 0.717) is 17.0 Å². The summed E-state index contributed by atoms with van der Waals surface area (Å²) >= 11 is 5.65. The summed E-state index contributed by atoms with van der Waals surface area (Å²) < 4.78 is 38.3. The van der Waals surface area contributed by atoms with Crippen molar-refractivity contribution in [1.29, 1.82) is 0 Å². The van der Waals surface area contributed by atoms with Gasteiger partial charge in [0.2, 0.25) is 0 Å². The number of benzene rings is 1. The van der Waals surface area contributed by atoms with Crippen LogP contribution in [0.4, 0.5) is 13.2 Å². The molecule has 0 aliphatic heterocycles. The molecule has 0 unspecified atom stereocenters. The van der Waals surface area contributed by atoms with E-state index < -0.39 is 11.7 Å². The monoisotopic (exact) mass is 297 g/mol. The summed E-state index contributed by atoms with van der Waals surface area (Å²) in [4.78, 5) is 11.1. The molecule has 0 saturated carbocycles. The molecule has 0 aliphatic rings. The summed E-state index contributed by atoms with van der Waals surface area (Å²) in [7, 11) is 0. The van der Waals surface area contributed by atoms with Crippen molar-refractivity contribution in [3.8, 4) is 11.5 Å². The van der Waals surface area contributed by atoms with Gasteiger partial charge in [0.15, 0.2) is 5.82 Å². The van der Waals surface area contributed by atoms with Gasteiger partial charge in [0.1, 0.15) is 5.69 Å². The molecular weight excluding hydrogens is 291 g/mol. The number of aromatic amines is 1. The Morgan fingerprint density at radius 3 is 2.60 bits per heavy atom. The smallest absolute Gasteiger partial charge is 0.337 e. The summed E-state index contributed by atoms with van der Waals surface area (Å²) in [6.07, 6.45) is -2.92. The molecule has 0 amide bonds. The second-order valence-corrected chi connectivity index (χ2v) is 4.55. The molecule has 2 aromatic heterocycles. The number of hydrogen-bond donors (Lipinski definition) is 1. The van der Waals surface area contributed by atoms with Crippen molar-refractivity contribution in [2.45, 2.75) is 6.18 Å². The summed E-state index contributed by atoms with van der Waals surface area (Å²) in [5.41, 5.74) is 0.294. The summed E-state index contributed by atoms with van der Waals surface area (Å²) in [5.74, 6) is 0.399. The molecule has 2 heterocycles. The summed E-state index contributed by atoms with van der Waals surface area (Å²) in [6.45, 7) is 0. The van der Waals surface area contributed by atoms with Gasteiger partial charge in [-0.3, -0.25) is 4.98 Å². The Bertz CT molecular complexity index is 766. The van der Waals surface area contributed by atoms with Gasteiger partial charge >= 0.3 is 6.18 Å². The predicted octanol–water partition coefficient (Wildman–Crippen LogP) is 4.30. The predicted molar refractivity (Wildman–Crippen MR) is 69.3 cm³/mol. The lowest BCUT2D eigenvalue weighted by atomic mass is 10.2. The molecule has 0 saturated heterocycles. The van der Waals surface area contributed by atoms with Crippen molar-refractivity contribution in [2.24, 2.45) is 0 Å². The van der Waals surface area contributed by atoms with Gasteiger partial charge in [-0.1, -0.05) is 17.7 Å². The lowest BCUT2D eigenvalue weighted by Crippen LogP contribution is -2.05. The number of nitrogens with zero attached hydrogens (tertiary/aromatic N) is 2.